The van der Waals surface area contributed by atoms with Gasteiger partial charge in [0.05, 0.1) is 12.2 Å². The van der Waals surface area contributed by atoms with Gasteiger partial charge < -0.3 is 9.42 Å². The van der Waals surface area contributed by atoms with Crippen molar-refractivity contribution < 1.29 is 9.32 Å². The third-order valence-corrected chi connectivity index (χ3v) is 3.81. The molecule has 1 aliphatic rings. The molecule has 0 spiro atoms. The van der Waals surface area contributed by atoms with Gasteiger partial charge in [-0.25, -0.2) is 0 Å². The summed E-state index contributed by atoms with van der Waals surface area (Å²) < 4.78 is 5.03. The van der Waals surface area contributed by atoms with Crippen LogP contribution in [0.25, 0.3) is 0 Å². The van der Waals surface area contributed by atoms with Crippen LogP contribution in [0.2, 0.25) is 0 Å². The highest BCUT2D eigenvalue weighted by Crippen LogP contribution is 2.20. The summed E-state index contributed by atoms with van der Waals surface area (Å²) in [6.45, 7) is 5.18. The molecule has 0 aliphatic carbocycles. The first-order valence-electron chi connectivity index (χ1n) is 7.62. The molecule has 0 saturated heterocycles. The standard InChI is InChI=1S/C17H20N4O2/c1-12-8-9-21(18-12)16-6-4-14(5-7-16)17(22)20(3)11-15-10-13(2)23-19-15/h4-7,10H,8-9,11H2,1-3H3. The van der Waals surface area contributed by atoms with E-state index < -0.39 is 0 Å². The molecule has 1 aromatic heterocycles. The van der Waals surface area contributed by atoms with E-state index in [-0.39, 0.29) is 5.91 Å². The molecule has 3 rings (SSSR count). The molecule has 1 aliphatic heterocycles. The minimum atomic E-state index is -0.0432. The van der Waals surface area contributed by atoms with Crippen molar-refractivity contribution in [2.24, 2.45) is 5.10 Å². The van der Waals surface area contributed by atoms with Crippen LogP contribution in [0.1, 0.15) is 35.2 Å². The third-order valence-electron chi connectivity index (χ3n) is 3.81. The lowest BCUT2D eigenvalue weighted by Crippen LogP contribution is -2.26. The van der Waals surface area contributed by atoms with Gasteiger partial charge in [-0.15, -0.1) is 0 Å². The van der Waals surface area contributed by atoms with Crippen molar-refractivity contribution in [1.82, 2.24) is 10.1 Å². The highest BCUT2D eigenvalue weighted by molar-refractivity contribution is 5.94. The number of amides is 1. The first-order chi connectivity index (χ1) is 11.0. The molecule has 0 fully saturated rings. The quantitative estimate of drug-likeness (QED) is 0.871. The molecule has 120 valence electrons. The molecule has 0 N–H and O–H groups in total. The highest BCUT2D eigenvalue weighted by Gasteiger charge is 2.16. The van der Waals surface area contributed by atoms with Crippen molar-refractivity contribution in [3.05, 3.63) is 47.3 Å². The zero-order valence-corrected chi connectivity index (χ0v) is 13.6. The fourth-order valence-corrected chi connectivity index (χ4v) is 2.56. The maximum absolute atomic E-state index is 12.5. The fourth-order valence-electron chi connectivity index (χ4n) is 2.56. The summed E-state index contributed by atoms with van der Waals surface area (Å²) in [5.41, 5.74) is 3.54. The van der Waals surface area contributed by atoms with Crippen LogP contribution in [0.3, 0.4) is 0 Å². The van der Waals surface area contributed by atoms with Crippen LogP contribution in [0.15, 0.2) is 40.0 Å². The van der Waals surface area contributed by atoms with Gasteiger partial charge in [-0.1, -0.05) is 5.16 Å². The van der Waals surface area contributed by atoms with E-state index in [0.29, 0.717) is 12.1 Å². The Morgan fingerprint density at radius 1 is 1.30 bits per heavy atom. The first-order valence-corrected chi connectivity index (χ1v) is 7.62. The molecule has 2 aromatic rings. The van der Waals surface area contributed by atoms with Gasteiger partial charge in [-0.2, -0.15) is 5.10 Å². The van der Waals surface area contributed by atoms with E-state index in [1.54, 1.807) is 11.9 Å². The highest BCUT2D eigenvalue weighted by atomic mass is 16.5. The molecular weight excluding hydrogens is 292 g/mol. The van der Waals surface area contributed by atoms with Gasteiger partial charge in [0.1, 0.15) is 11.5 Å². The molecular formula is C17H20N4O2. The Bertz CT molecular complexity index is 733. The minimum Gasteiger partial charge on any atom is -0.361 e. The number of benzene rings is 1. The lowest BCUT2D eigenvalue weighted by Gasteiger charge is -2.17. The van der Waals surface area contributed by atoms with E-state index >= 15 is 0 Å². The molecule has 2 heterocycles. The molecule has 0 atom stereocenters. The molecule has 0 radical (unpaired) electrons. The number of hydrogen-bond acceptors (Lipinski definition) is 5. The van der Waals surface area contributed by atoms with Gasteiger partial charge in [0.2, 0.25) is 0 Å². The summed E-state index contributed by atoms with van der Waals surface area (Å²) in [5.74, 6) is 0.699. The lowest BCUT2D eigenvalue weighted by molar-refractivity contribution is 0.0782. The summed E-state index contributed by atoms with van der Waals surface area (Å²) in [4.78, 5) is 14.1. The lowest BCUT2D eigenvalue weighted by atomic mass is 10.1. The number of aryl methyl sites for hydroxylation is 1. The zero-order valence-electron chi connectivity index (χ0n) is 13.6. The van der Waals surface area contributed by atoms with E-state index in [2.05, 4.69) is 10.3 Å². The average molecular weight is 312 g/mol. The van der Waals surface area contributed by atoms with E-state index in [1.807, 2.05) is 49.2 Å². The van der Waals surface area contributed by atoms with Crippen LogP contribution >= 0.6 is 0 Å². The summed E-state index contributed by atoms with van der Waals surface area (Å²) in [6.07, 6.45) is 0.987. The molecule has 1 amide bonds. The van der Waals surface area contributed by atoms with Crippen LogP contribution in [-0.2, 0) is 6.54 Å². The van der Waals surface area contributed by atoms with Crippen LogP contribution in [0, 0.1) is 6.92 Å². The van der Waals surface area contributed by atoms with E-state index in [9.17, 15) is 4.79 Å². The van der Waals surface area contributed by atoms with Crippen LogP contribution < -0.4 is 5.01 Å². The normalized spacial score (nSPS) is 14.0. The monoisotopic (exact) mass is 312 g/mol. The molecule has 0 bridgehead atoms. The van der Waals surface area contributed by atoms with Gasteiger partial charge in [-0.05, 0) is 38.1 Å². The van der Waals surface area contributed by atoms with E-state index in [4.69, 9.17) is 4.52 Å². The van der Waals surface area contributed by atoms with Crippen molar-refractivity contribution in [1.29, 1.82) is 0 Å². The summed E-state index contributed by atoms with van der Waals surface area (Å²) >= 11 is 0. The predicted octanol–water partition coefficient (Wildman–Crippen LogP) is 2.84. The van der Waals surface area contributed by atoms with Crippen molar-refractivity contribution in [2.75, 3.05) is 18.6 Å². The Hall–Kier alpha value is -2.63. The second-order valence-corrected chi connectivity index (χ2v) is 5.85. The molecule has 23 heavy (non-hydrogen) atoms. The number of carbonyl (C=O) groups is 1. The Morgan fingerprint density at radius 2 is 2.04 bits per heavy atom. The Balaban J connectivity index is 1.67. The fraction of sp³-hybridized carbons (Fsp3) is 0.353. The first kappa shape index (κ1) is 15.3. The zero-order chi connectivity index (χ0) is 16.4. The Kier molecular flexibility index (Phi) is 4.14. The van der Waals surface area contributed by atoms with Crippen molar-refractivity contribution >= 4 is 17.3 Å². The summed E-state index contributed by atoms with van der Waals surface area (Å²) in [7, 11) is 1.76. The summed E-state index contributed by atoms with van der Waals surface area (Å²) in [5, 5.41) is 10.3. The SMILES string of the molecule is CC1=NN(c2ccc(C(=O)N(C)Cc3cc(C)on3)cc2)CC1. The molecule has 6 heteroatoms. The molecule has 6 nitrogen and oxygen atoms in total. The van der Waals surface area contributed by atoms with E-state index in [1.165, 1.54) is 0 Å². The Labute approximate surface area is 135 Å². The molecule has 1 aromatic carbocycles. The van der Waals surface area contributed by atoms with Gasteiger partial charge in [0.25, 0.3) is 5.91 Å². The number of hydrazone groups is 1. The smallest absolute Gasteiger partial charge is 0.253 e. The van der Waals surface area contributed by atoms with Gasteiger partial charge >= 0.3 is 0 Å². The van der Waals surface area contributed by atoms with Gasteiger partial charge in [0.15, 0.2) is 0 Å². The summed E-state index contributed by atoms with van der Waals surface area (Å²) in [6, 6.07) is 9.38. The number of rotatable bonds is 4. The Morgan fingerprint density at radius 3 is 2.61 bits per heavy atom. The maximum atomic E-state index is 12.5. The molecule has 0 unspecified atom stereocenters. The second-order valence-electron chi connectivity index (χ2n) is 5.85. The topological polar surface area (TPSA) is 61.9 Å². The third kappa shape index (κ3) is 3.41. The van der Waals surface area contributed by atoms with E-state index in [0.717, 1.165) is 35.8 Å². The number of aromatic nitrogens is 1. The minimum absolute atomic E-state index is 0.0432. The van der Waals surface area contributed by atoms with Crippen LogP contribution in [-0.4, -0.2) is 35.3 Å². The van der Waals surface area contributed by atoms with Crippen molar-refractivity contribution in [2.45, 2.75) is 26.8 Å². The number of carbonyl (C=O) groups excluding carboxylic acids is 1. The number of hydrogen-bond donors (Lipinski definition) is 0. The van der Waals surface area contributed by atoms with Crippen molar-refractivity contribution in [3.8, 4) is 0 Å². The second kappa shape index (κ2) is 6.24. The molecule has 0 saturated carbocycles. The largest absolute Gasteiger partial charge is 0.361 e. The van der Waals surface area contributed by atoms with Crippen LogP contribution in [0.5, 0.6) is 0 Å². The maximum Gasteiger partial charge on any atom is 0.253 e. The number of anilines is 1. The van der Waals surface area contributed by atoms with Crippen LogP contribution in [0.4, 0.5) is 5.69 Å². The predicted molar refractivity (Wildman–Crippen MR) is 88.6 cm³/mol. The van der Waals surface area contributed by atoms with Gasteiger partial charge in [0, 0.05) is 37.4 Å². The average Bonchev–Trinajstić information content (AvgIpc) is 3.15. The van der Waals surface area contributed by atoms with Crippen molar-refractivity contribution in [3.63, 3.8) is 0 Å². The number of nitrogens with zero attached hydrogens (tertiary/aromatic N) is 4. The van der Waals surface area contributed by atoms with Gasteiger partial charge in [-0.3, -0.25) is 9.80 Å².